The van der Waals surface area contributed by atoms with Gasteiger partial charge in [-0.05, 0) is 48.1 Å². The molecular weight excluding hydrogens is 337 g/mol. The fourth-order valence-corrected chi connectivity index (χ4v) is 2.99. The normalized spacial score (nSPS) is 15.0. The quantitative estimate of drug-likeness (QED) is 0.716. The molecule has 1 aliphatic rings. The molecule has 0 heterocycles. The van der Waals surface area contributed by atoms with E-state index in [4.69, 9.17) is 9.47 Å². The Morgan fingerprint density at radius 2 is 1.80 bits per heavy atom. The lowest BCUT2D eigenvalue weighted by Crippen LogP contribution is -2.26. The number of ether oxygens (including phenoxy) is 3. The Balaban J connectivity index is 2.34. The molecule has 1 aromatic carbocycles. The van der Waals surface area contributed by atoms with Crippen LogP contribution in [0.2, 0.25) is 0 Å². The van der Waals surface area contributed by atoms with Crippen LogP contribution in [0.15, 0.2) is 18.2 Å². The first kappa shape index (κ1) is 19.1. The van der Waals surface area contributed by atoms with Gasteiger partial charge in [0.2, 0.25) is 0 Å². The Kier molecular flexibility index (Phi) is 5.98. The van der Waals surface area contributed by atoms with E-state index in [1.54, 1.807) is 18.2 Å². The van der Waals surface area contributed by atoms with Gasteiger partial charge in [0.15, 0.2) is 11.5 Å². The molecule has 1 aromatic rings. The van der Waals surface area contributed by atoms with Gasteiger partial charge in [0.25, 0.3) is 0 Å². The highest BCUT2D eigenvalue weighted by molar-refractivity contribution is 5.74. The molecule has 1 unspecified atom stereocenters. The van der Waals surface area contributed by atoms with Gasteiger partial charge in [-0.3, -0.25) is 4.79 Å². The molecule has 0 fully saturated rings. The predicted molar refractivity (Wildman–Crippen MR) is 86.6 cm³/mol. The van der Waals surface area contributed by atoms with E-state index in [9.17, 15) is 18.0 Å². The van der Waals surface area contributed by atoms with Gasteiger partial charge in [0.1, 0.15) is 0 Å². The number of aryl methyl sites for hydroxylation is 1. The molecule has 2 rings (SSSR count). The van der Waals surface area contributed by atoms with E-state index in [0.29, 0.717) is 35.5 Å². The van der Waals surface area contributed by atoms with E-state index in [-0.39, 0.29) is 6.42 Å². The van der Waals surface area contributed by atoms with Crippen molar-refractivity contribution in [3.05, 3.63) is 29.3 Å². The van der Waals surface area contributed by atoms with Crippen LogP contribution in [0.25, 0.3) is 5.57 Å². The van der Waals surface area contributed by atoms with E-state index >= 15 is 0 Å². The Morgan fingerprint density at radius 3 is 2.36 bits per heavy atom. The Labute approximate surface area is 144 Å². The van der Waals surface area contributed by atoms with Crippen LogP contribution in [0, 0.1) is 5.92 Å². The van der Waals surface area contributed by atoms with Crippen LogP contribution in [0.1, 0.15) is 30.4 Å². The number of rotatable bonds is 6. The molecule has 0 saturated heterocycles. The second kappa shape index (κ2) is 7.80. The fourth-order valence-electron chi connectivity index (χ4n) is 2.99. The summed E-state index contributed by atoms with van der Waals surface area (Å²) in [5.41, 5.74) is 2.19. The smallest absolute Gasteiger partial charge is 0.392 e. The average molecular weight is 358 g/mol. The topological polar surface area (TPSA) is 44.8 Å². The van der Waals surface area contributed by atoms with Gasteiger partial charge in [0.05, 0.1) is 33.7 Å². The summed E-state index contributed by atoms with van der Waals surface area (Å²) < 4.78 is 54.9. The number of carbonyl (C=O) groups excluding carboxylic acids is 1. The van der Waals surface area contributed by atoms with E-state index in [0.717, 1.165) is 12.7 Å². The van der Waals surface area contributed by atoms with E-state index in [1.807, 2.05) is 0 Å². The van der Waals surface area contributed by atoms with E-state index in [2.05, 4.69) is 4.74 Å². The molecule has 0 aromatic heterocycles. The number of hydrogen-bond donors (Lipinski definition) is 0. The van der Waals surface area contributed by atoms with Gasteiger partial charge >= 0.3 is 12.1 Å². The van der Waals surface area contributed by atoms with Crippen LogP contribution in [0.5, 0.6) is 11.5 Å². The second-order valence-electron chi connectivity index (χ2n) is 5.86. The van der Waals surface area contributed by atoms with E-state index in [1.165, 1.54) is 14.2 Å². The molecule has 0 N–H and O–H groups in total. The third-order valence-corrected chi connectivity index (χ3v) is 4.33. The van der Waals surface area contributed by atoms with Crippen LogP contribution >= 0.6 is 0 Å². The maximum absolute atomic E-state index is 13.3. The van der Waals surface area contributed by atoms with Gasteiger partial charge in [-0.2, -0.15) is 13.2 Å². The Hall–Kier alpha value is -2.18. The van der Waals surface area contributed by atoms with Crippen LogP contribution < -0.4 is 9.47 Å². The molecule has 0 radical (unpaired) electrons. The fraction of sp³-hybridized carbons (Fsp3) is 0.500. The summed E-state index contributed by atoms with van der Waals surface area (Å²) in [6.45, 7) is 0. The molecule has 25 heavy (non-hydrogen) atoms. The number of methoxy groups -OCH3 is 3. The van der Waals surface area contributed by atoms with Crippen molar-refractivity contribution < 1.29 is 32.2 Å². The van der Waals surface area contributed by atoms with Crippen molar-refractivity contribution in [1.29, 1.82) is 0 Å². The second-order valence-corrected chi connectivity index (χ2v) is 5.86. The molecule has 0 spiro atoms. The maximum atomic E-state index is 13.3. The van der Waals surface area contributed by atoms with Crippen molar-refractivity contribution in [2.75, 3.05) is 21.3 Å². The summed E-state index contributed by atoms with van der Waals surface area (Å²) in [6, 6.07) is 3.49. The number of allylic oxidation sites excluding steroid dienone is 2. The number of hydrogen-bond acceptors (Lipinski definition) is 4. The minimum atomic E-state index is -4.48. The van der Waals surface area contributed by atoms with Gasteiger partial charge in [0, 0.05) is 0 Å². The molecule has 0 bridgehead atoms. The van der Waals surface area contributed by atoms with Crippen molar-refractivity contribution in [3.8, 4) is 11.5 Å². The summed E-state index contributed by atoms with van der Waals surface area (Å²) in [5.74, 6) is -1.65. The summed E-state index contributed by atoms with van der Waals surface area (Å²) in [5, 5.41) is 0. The van der Waals surface area contributed by atoms with Crippen LogP contribution in [-0.2, 0) is 16.0 Å². The predicted octanol–water partition coefficient (Wildman–Crippen LogP) is 4.17. The maximum Gasteiger partial charge on any atom is 0.392 e. The number of alkyl halides is 3. The Morgan fingerprint density at radius 1 is 1.16 bits per heavy atom. The molecule has 0 aliphatic heterocycles. The molecule has 0 saturated carbocycles. The van der Waals surface area contributed by atoms with Crippen molar-refractivity contribution in [3.63, 3.8) is 0 Å². The largest absolute Gasteiger partial charge is 0.493 e. The minimum absolute atomic E-state index is 0.277. The first-order chi connectivity index (χ1) is 11.8. The van der Waals surface area contributed by atoms with Crippen LogP contribution in [0.3, 0.4) is 0 Å². The molecule has 0 amide bonds. The van der Waals surface area contributed by atoms with Crippen LogP contribution in [0.4, 0.5) is 13.2 Å². The summed E-state index contributed by atoms with van der Waals surface area (Å²) in [7, 11) is 4.08. The number of fused-ring (bicyclic) bond motifs is 1. The zero-order valence-electron chi connectivity index (χ0n) is 14.4. The van der Waals surface area contributed by atoms with Gasteiger partial charge in [-0.25, -0.2) is 0 Å². The van der Waals surface area contributed by atoms with Crippen molar-refractivity contribution >= 4 is 11.5 Å². The van der Waals surface area contributed by atoms with Gasteiger partial charge < -0.3 is 14.2 Å². The lowest BCUT2D eigenvalue weighted by molar-refractivity contribution is -0.182. The number of halogens is 3. The standard InChI is InChI=1S/C18H21F3O4/c1-23-15-8-12-6-4-5-11(14(12)10-16(15)24-2)7-13(18(19,20)21)9-17(22)25-3/h5,8,10,13H,4,6-7,9H2,1-3H3. The lowest BCUT2D eigenvalue weighted by atomic mass is 9.84. The average Bonchev–Trinajstić information content (AvgIpc) is 2.59. The highest BCUT2D eigenvalue weighted by Gasteiger charge is 2.41. The molecule has 1 aliphatic carbocycles. The Bertz CT molecular complexity index is 665. The molecule has 138 valence electrons. The first-order valence-corrected chi connectivity index (χ1v) is 7.88. The van der Waals surface area contributed by atoms with Crippen molar-refractivity contribution in [2.24, 2.45) is 5.92 Å². The monoisotopic (exact) mass is 358 g/mol. The first-order valence-electron chi connectivity index (χ1n) is 7.88. The van der Waals surface area contributed by atoms with E-state index < -0.39 is 24.5 Å². The van der Waals surface area contributed by atoms with Crippen LogP contribution in [-0.4, -0.2) is 33.5 Å². The SMILES string of the molecule is COC(=O)CC(CC1=CCCc2cc(OC)c(OC)cc21)C(F)(F)F. The molecule has 7 heteroatoms. The summed E-state index contributed by atoms with van der Waals surface area (Å²) in [4.78, 5) is 11.4. The summed E-state index contributed by atoms with van der Waals surface area (Å²) >= 11 is 0. The molecular formula is C18H21F3O4. The zero-order chi connectivity index (χ0) is 18.6. The number of carbonyl (C=O) groups is 1. The zero-order valence-corrected chi connectivity index (χ0v) is 14.4. The molecule has 1 atom stereocenters. The number of benzene rings is 1. The molecule has 4 nitrogen and oxygen atoms in total. The van der Waals surface area contributed by atoms with Crippen molar-refractivity contribution in [1.82, 2.24) is 0 Å². The number of esters is 1. The lowest BCUT2D eigenvalue weighted by Gasteiger charge is -2.25. The van der Waals surface area contributed by atoms with Crippen molar-refractivity contribution in [2.45, 2.75) is 31.9 Å². The minimum Gasteiger partial charge on any atom is -0.493 e. The van der Waals surface area contributed by atoms with Gasteiger partial charge in [-0.1, -0.05) is 6.08 Å². The third kappa shape index (κ3) is 4.46. The highest BCUT2D eigenvalue weighted by Crippen LogP contribution is 2.42. The highest BCUT2D eigenvalue weighted by atomic mass is 19.4. The summed E-state index contributed by atoms with van der Waals surface area (Å²) in [6.07, 6.45) is -2.30. The third-order valence-electron chi connectivity index (χ3n) is 4.33. The van der Waals surface area contributed by atoms with Gasteiger partial charge in [-0.15, -0.1) is 0 Å².